The van der Waals surface area contributed by atoms with Crippen LogP contribution in [0.1, 0.15) is 36.8 Å². The lowest BCUT2D eigenvalue weighted by Gasteiger charge is -2.22. The fraction of sp³-hybridized carbons (Fsp3) is 0.500. The van der Waals surface area contributed by atoms with E-state index in [2.05, 4.69) is 24.3 Å². The Morgan fingerprint density at radius 3 is 1.89 bits per heavy atom. The first-order valence-electron chi connectivity index (χ1n) is 6.12. The molecule has 0 aliphatic heterocycles. The van der Waals surface area contributed by atoms with E-state index in [4.69, 9.17) is 0 Å². The maximum atomic E-state index is 12.0. The molecule has 1 aromatic carbocycles. The van der Waals surface area contributed by atoms with Crippen molar-refractivity contribution in [3.63, 3.8) is 0 Å². The lowest BCUT2D eigenvalue weighted by Crippen LogP contribution is -2.27. The third-order valence-electron chi connectivity index (χ3n) is 3.38. The van der Waals surface area contributed by atoms with Crippen molar-refractivity contribution < 1.29 is 18.0 Å². The zero-order chi connectivity index (χ0) is 13.2. The lowest BCUT2D eigenvalue weighted by atomic mass is 9.88. The average Bonchev–Trinajstić information content (AvgIpc) is 3.08. The quantitative estimate of drug-likeness (QED) is 0.698. The summed E-state index contributed by atoms with van der Waals surface area (Å²) in [6, 6.07) is 8.53. The van der Waals surface area contributed by atoms with Crippen molar-refractivity contribution in [2.45, 2.75) is 38.3 Å². The topological polar surface area (TPSA) is 17.1 Å². The number of alkyl halides is 3. The molecule has 0 amide bonds. The van der Waals surface area contributed by atoms with Gasteiger partial charge in [0.25, 0.3) is 0 Å². The van der Waals surface area contributed by atoms with E-state index in [0.717, 1.165) is 0 Å². The Morgan fingerprint density at radius 2 is 1.50 bits per heavy atom. The number of hydrogen-bond acceptors (Lipinski definition) is 1. The summed E-state index contributed by atoms with van der Waals surface area (Å²) in [6.45, 7) is 0. The molecule has 0 N–H and O–H groups in total. The molecule has 0 aromatic heterocycles. The summed E-state index contributed by atoms with van der Waals surface area (Å²) in [6.07, 6.45) is -2.67. The van der Waals surface area contributed by atoms with E-state index in [1.807, 2.05) is 0 Å². The molecule has 0 heterocycles. The molecule has 3 rings (SSSR count). The van der Waals surface area contributed by atoms with E-state index < -0.39 is 12.1 Å². The summed E-state index contributed by atoms with van der Waals surface area (Å²) in [5, 5.41) is 0. The maximum Gasteiger partial charge on any atom is 0.391 e. The first-order valence-corrected chi connectivity index (χ1v) is 6.12. The molecule has 0 saturated heterocycles. The number of fused-ring (bicyclic) bond motifs is 1. The second-order valence-electron chi connectivity index (χ2n) is 4.80. The predicted octanol–water partition coefficient (Wildman–Crippen LogP) is 3.90. The van der Waals surface area contributed by atoms with Gasteiger partial charge in [-0.15, -0.1) is 0 Å². The van der Waals surface area contributed by atoms with Gasteiger partial charge >= 0.3 is 6.18 Å². The molecule has 1 nitrogen and oxygen atoms in total. The van der Waals surface area contributed by atoms with Crippen molar-refractivity contribution >= 4 is 5.78 Å². The van der Waals surface area contributed by atoms with Crippen LogP contribution < -0.4 is 0 Å². The van der Waals surface area contributed by atoms with E-state index in [1.165, 1.54) is 17.5 Å². The summed E-state index contributed by atoms with van der Waals surface area (Å²) in [4.78, 5) is 10.6. The van der Waals surface area contributed by atoms with E-state index >= 15 is 0 Å². The Morgan fingerprint density at radius 1 is 1.00 bits per heavy atom. The van der Waals surface area contributed by atoms with Gasteiger partial charge in [0.05, 0.1) is 5.92 Å². The van der Waals surface area contributed by atoms with Crippen LogP contribution in [0.2, 0.25) is 0 Å². The van der Waals surface area contributed by atoms with Gasteiger partial charge in [-0.2, -0.15) is 13.2 Å². The van der Waals surface area contributed by atoms with Crippen molar-refractivity contribution in [3.05, 3.63) is 35.4 Å². The SMILES string of the molecule is O=C1CCC(C(F)(F)F)CC1.c1ccc2c(c1)C2. The molecule has 1 aromatic rings. The van der Waals surface area contributed by atoms with Crippen molar-refractivity contribution in [3.8, 4) is 0 Å². The molecule has 2 aliphatic rings. The van der Waals surface area contributed by atoms with E-state index in [9.17, 15) is 18.0 Å². The minimum atomic E-state index is -4.10. The molecule has 0 spiro atoms. The zero-order valence-corrected chi connectivity index (χ0v) is 9.96. The summed E-state index contributed by atoms with van der Waals surface area (Å²) in [5.41, 5.74) is 3.06. The number of carbonyl (C=O) groups is 1. The minimum Gasteiger partial charge on any atom is -0.300 e. The number of benzene rings is 1. The van der Waals surface area contributed by atoms with Gasteiger partial charge in [0.2, 0.25) is 0 Å². The molecule has 1 saturated carbocycles. The summed E-state index contributed by atoms with van der Waals surface area (Å²) < 4.78 is 35.9. The third kappa shape index (κ3) is 3.59. The number of ketones is 1. The van der Waals surface area contributed by atoms with Gasteiger partial charge in [0, 0.05) is 12.8 Å². The Hall–Kier alpha value is -1.32. The van der Waals surface area contributed by atoms with Crippen LogP contribution in [0.15, 0.2) is 24.3 Å². The molecular weight excluding hydrogens is 241 g/mol. The number of Topliss-reactive ketones (excluding diaryl/α,β-unsaturated/α-hetero) is 1. The lowest BCUT2D eigenvalue weighted by molar-refractivity contribution is -0.182. The highest BCUT2D eigenvalue weighted by atomic mass is 19.4. The normalized spacial score (nSPS) is 18.7. The van der Waals surface area contributed by atoms with Crippen LogP contribution in [0.25, 0.3) is 0 Å². The first kappa shape index (κ1) is 13.1. The van der Waals surface area contributed by atoms with Gasteiger partial charge in [0.1, 0.15) is 5.78 Å². The molecular formula is C14H15F3O. The molecule has 0 bridgehead atoms. The fourth-order valence-electron chi connectivity index (χ4n) is 2.10. The van der Waals surface area contributed by atoms with Crippen LogP contribution in [0, 0.1) is 5.92 Å². The highest BCUT2D eigenvalue weighted by molar-refractivity contribution is 5.79. The standard InChI is InChI=1S/C7H9F3O.C7H6/c8-7(9,10)5-1-3-6(11)4-2-5;1-2-4-7-5-6(7)3-1/h5H,1-4H2;1-4H,5H2. The molecule has 0 radical (unpaired) electrons. The van der Waals surface area contributed by atoms with Crippen LogP contribution in [-0.4, -0.2) is 12.0 Å². The Kier molecular flexibility index (Phi) is 3.73. The molecule has 18 heavy (non-hydrogen) atoms. The van der Waals surface area contributed by atoms with E-state index in [-0.39, 0.29) is 31.5 Å². The van der Waals surface area contributed by atoms with Gasteiger partial charge < -0.3 is 0 Å². The highest BCUT2D eigenvalue weighted by Crippen LogP contribution is 2.36. The molecule has 2 aliphatic carbocycles. The summed E-state index contributed by atoms with van der Waals surface area (Å²) >= 11 is 0. The molecule has 0 atom stereocenters. The van der Waals surface area contributed by atoms with Crippen molar-refractivity contribution in [1.29, 1.82) is 0 Å². The van der Waals surface area contributed by atoms with Crippen molar-refractivity contribution in [2.75, 3.05) is 0 Å². The van der Waals surface area contributed by atoms with Crippen molar-refractivity contribution in [2.24, 2.45) is 5.92 Å². The van der Waals surface area contributed by atoms with Crippen molar-refractivity contribution in [1.82, 2.24) is 0 Å². The largest absolute Gasteiger partial charge is 0.391 e. The van der Waals surface area contributed by atoms with Gasteiger partial charge in [-0.1, -0.05) is 24.3 Å². The number of hydrogen-bond donors (Lipinski definition) is 0. The summed E-state index contributed by atoms with van der Waals surface area (Å²) in [5.74, 6) is -1.27. The smallest absolute Gasteiger partial charge is 0.300 e. The van der Waals surface area contributed by atoms with Crippen LogP contribution in [-0.2, 0) is 11.2 Å². The Bertz CT molecular complexity index is 406. The van der Waals surface area contributed by atoms with Crippen LogP contribution >= 0.6 is 0 Å². The van der Waals surface area contributed by atoms with E-state index in [0.29, 0.717) is 0 Å². The van der Waals surface area contributed by atoms with Gasteiger partial charge in [-0.05, 0) is 30.4 Å². The predicted molar refractivity (Wildman–Crippen MR) is 62.3 cm³/mol. The molecule has 4 heteroatoms. The zero-order valence-electron chi connectivity index (χ0n) is 9.96. The van der Waals surface area contributed by atoms with Crippen LogP contribution in [0.5, 0.6) is 0 Å². The number of rotatable bonds is 0. The van der Waals surface area contributed by atoms with E-state index in [1.54, 1.807) is 0 Å². The maximum absolute atomic E-state index is 12.0. The van der Waals surface area contributed by atoms with Crippen LogP contribution in [0.3, 0.4) is 0 Å². The highest BCUT2D eigenvalue weighted by Gasteiger charge is 2.40. The van der Waals surface area contributed by atoms with Gasteiger partial charge in [0.15, 0.2) is 0 Å². The average molecular weight is 256 g/mol. The number of halogens is 3. The minimum absolute atomic E-state index is 0.0116. The molecule has 1 fully saturated rings. The number of carbonyl (C=O) groups excluding carboxylic acids is 1. The Labute approximate surface area is 104 Å². The van der Waals surface area contributed by atoms with Crippen LogP contribution in [0.4, 0.5) is 13.2 Å². The Balaban J connectivity index is 0.000000146. The fourth-order valence-corrected chi connectivity index (χ4v) is 2.10. The summed E-state index contributed by atoms with van der Waals surface area (Å²) in [7, 11) is 0. The van der Waals surface area contributed by atoms with Gasteiger partial charge in [-0.3, -0.25) is 4.79 Å². The molecule has 98 valence electrons. The molecule has 0 unspecified atom stereocenters. The second-order valence-corrected chi connectivity index (χ2v) is 4.80. The first-order chi connectivity index (χ1) is 8.47. The van der Waals surface area contributed by atoms with Gasteiger partial charge in [-0.25, -0.2) is 0 Å². The second kappa shape index (κ2) is 5.12. The third-order valence-corrected chi connectivity index (χ3v) is 3.38. The monoisotopic (exact) mass is 256 g/mol.